The molecule has 234 valence electrons. The van der Waals surface area contributed by atoms with E-state index in [9.17, 15) is 4.79 Å². The predicted molar refractivity (Wildman–Crippen MR) is 168 cm³/mol. The third-order valence-corrected chi connectivity index (χ3v) is 8.47. The molecule has 2 aliphatic rings. The highest BCUT2D eigenvalue weighted by molar-refractivity contribution is 6.08. The molecule has 0 atom stereocenters. The first-order valence-electron chi connectivity index (χ1n) is 15.6. The molecule has 0 bridgehead atoms. The Labute approximate surface area is 258 Å². The minimum absolute atomic E-state index is 0.0514. The summed E-state index contributed by atoms with van der Waals surface area (Å²) in [6, 6.07) is 8.15. The number of nitrogens with zero attached hydrogens (tertiary/aromatic N) is 3. The van der Waals surface area contributed by atoms with Crippen molar-refractivity contribution in [3.63, 3.8) is 0 Å². The number of ether oxygens (including phenoxy) is 2. The largest absolute Gasteiger partial charge is 0.460 e. The molecule has 9 heteroatoms. The molecular formula is C35H42F2N4O3. The molecule has 3 aromatic rings. The van der Waals surface area contributed by atoms with E-state index in [1.165, 1.54) is 18.3 Å². The van der Waals surface area contributed by atoms with Gasteiger partial charge in [-0.1, -0.05) is 18.2 Å². The summed E-state index contributed by atoms with van der Waals surface area (Å²) in [4.78, 5) is 23.6. The van der Waals surface area contributed by atoms with E-state index in [0.29, 0.717) is 78.0 Å². The first-order chi connectivity index (χ1) is 21.1. The van der Waals surface area contributed by atoms with Crippen molar-refractivity contribution in [1.82, 2.24) is 14.9 Å². The van der Waals surface area contributed by atoms with Gasteiger partial charge in [-0.05, 0) is 88.5 Å². The van der Waals surface area contributed by atoms with Gasteiger partial charge in [0.05, 0.1) is 36.1 Å². The van der Waals surface area contributed by atoms with Crippen LogP contribution in [0.4, 0.5) is 8.78 Å². The first-order valence-corrected chi connectivity index (χ1v) is 15.6. The lowest BCUT2D eigenvalue weighted by Gasteiger charge is -2.28. The number of rotatable bonds is 9. The minimum atomic E-state index is -0.589. The molecule has 0 spiro atoms. The minimum Gasteiger partial charge on any atom is -0.460 e. The van der Waals surface area contributed by atoms with Gasteiger partial charge in [-0.15, -0.1) is 0 Å². The van der Waals surface area contributed by atoms with Crippen LogP contribution in [0.25, 0.3) is 27.7 Å². The molecule has 2 heterocycles. The van der Waals surface area contributed by atoms with Gasteiger partial charge < -0.3 is 14.9 Å². The summed E-state index contributed by atoms with van der Waals surface area (Å²) in [6.45, 7) is 8.25. The molecule has 5 rings (SSSR count). The molecule has 1 N–H and O–H groups in total. The summed E-state index contributed by atoms with van der Waals surface area (Å²) in [7, 11) is 0. The van der Waals surface area contributed by atoms with Gasteiger partial charge in [0.1, 0.15) is 17.2 Å². The van der Waals surface area contributed by atoms with Crippen LogP contribution in [-0.2, 0) is 20.8 Å². The molecule has 2 fully saturated rings. The van der Waals surface area contributed by atoms with Crippen molar-refractivity contribution in [3.8, 4) is 11.1 Å². The van der Waals surface area contributed by atoms with E-state index in [1.807, 2.05) is 37.8 Å². The zero-order valence-corrected chi connectivity index (χ0v) is 25.9. The van der Waals surface area contributed by atoms with E-state index in [-0.39, 0.29) is 18.1 Å². The van der Waals surface area contributed by atoms with Gasteiger partial charge in [0.15, 0.2) is 0 Å². The van der Waals surface area contributed by atoms with E-state index < -0.39 is 17.2 Å². The average Bonchev–Trinajstić information content (AvgIpc) is 2.99. The van der Waals surface area contributed by atoms with Crippen molar-refractivity contribution in [2.24, 2.45) is 11.8 Å². The van der Waals surface area contributed by atoms with Gasteiger partial charge in [0.2, 0.25) is 0 Å². The lowest BCUT2D eigenvalue weighted by molar-refractivity contribution is -0.156. The number of para-hydroxylation sites is 1. The Kier molecular flexibility index (Phi) is 10.2. The standard InChI is InChI=1S/C35H42F2N4O3/c1-35(2,3)44-33(42)17-24-9-7-23(8-10-24)11-12-25(20-38)32-21-39-31-6-4-5-27(34(31)40-32)26-18-29(36)28(30(37)19-26)22-41-13-15-43-16-14-41/h4-6,12,18-21,23-24,38H,7-11,13-17,22H2,1-3H3/b25-12+,38-20?. The number of carbonyl (C=O) groups is 1. The van der Waals surface area contributed by atoms with Crippen molar-refractivity contribution < 1.29 is 23.0 Å². The second-order valence-electron chi connectivity index (χ2n) is 13.0. The molecule has 1 aliphatic heterocycles. The highest BCUT2D eigenvalue weighted by atomic mass is 19.1. The highest BCUT2D eigenvalue weighted by Crippen LogP contribution is 2.35. The first kappa shape index (κ1) is 31.9. The second kappa shape index (κ2) is 14.0. The molecule has 1 aliphatic carbocycles. The lowest BCUT2D eigenvalue weighted by Crippen LogP contribution is -2.36. The maximum atomic E-state index is 15.2. The van der Waals surface area contributed by atoms with Crippen LogP contribution in [0, 0.1) is 28.9 Å². The van der Waals surface area contributed by atoms with Gasteiger partial charge >= 0.3 is 5.97 Å². The maximum Gasteiger partial charge on any atom is 0.306 e. The molecule has 44 heavy (non-hydrogen) atoms. The topological polar surface area (TPSA) is 88.4 Å². The number of halogens is 2. The van der Waals surface area contributed by atoms with Crippen molar-refractivity contribution in [1.29, 1.82) is 5.41 Å². The summed E-state index contributed by atoms with van der Waals surface area (Å²) in [6.07, 6.45) is 10.2. The quantitative estimate of drug-likeness (QED) is 0.203. The molecule has 2 aromatic carbocycles. The number of esters is 1. The number of allylic oxidation sites excluding steroid dienone is 2. The van der Waals surface area contributed by atoms with E-state index in [4.69, 9.17) is 19.9 Å². The van der Waals surface area contributed by atoms with Crippen LogP contribution in [0.15, 0.2) is 42.6 Å². The van der Waals surface area contributed by atoms with Crippen molar-refractivity contribution in [2.75, 3.05) is 26.3 Å². The number of hydrogen-bond acceptors (Lipinski definition) is 7. The normalized spacial score (nSPS) is 20.1. The summed E-state index contributed by atoms with van der Waals surface area (Å²) in [5, 5.41) is 8.08. The Morgan fingerprint density at radius 2 is 1.77 bits per heavy atom. The summed E-state index contributed by atoms with van der Waals surface area (Å²) in [5.74, 6) is -0.497. The van der Waals surface area contributed by atoms with E-state index in [1.54, 1.807) is 18.3 Å². The van der Waals surface area contributed by atoms with Crippen LogP contribution in [0.2, 0.25) is 0 Å². The molecule has 0 unspecified atom stereocenters. The zero-order chi connectivity index (χ0) is 31.3. The number of aromatic nitrogens is 2. The van der Waals surface area contributed by atoms with Crippen LogP contribution < -0.4 is 0 Å². The van der Waals surface area contributed by atoms with Gasteiger partial charge in [-0.2, -0.15) is 0 Å². The Hall–Kier alpha value is -3.56. The second-order valence-corrected chi connectivity index (χ2v) is 13.0. The summed E-state index contributed by atoms with van der Waals surface area (Å²) < 4.78 is 41.3. The van der Waals surface area contributed by atoms with Gasteiger partial charge in [0, 0.05) is 49.0 Å². The Morgan fingerprint density at radius 1 is 1.09 bits per heavy atom. The maximum absolute atomic E-state index is 15.2. The third-order valence-electron chi connectivity index (χ3n) is 8.47. The Balaban J connectivity index is 1.30. The summed E-state index contributed by atoms with van der Waals surface area (Å²) >= 11 is 0. The number of carbonyl (C=O) groups excluding carboxylic acids is 1. The van der Waals surface area contributed by atoms with E-state index in [2.05, 4.69) is 4.98 Å². The predicted octanol–water partition coefficient (Wildman–Crippen LogP) is 7.37. The monoisotopic (exact) mass is 604 g/mol. The fourth-order valence-corrected chi connectivity index (χ4v) is 6.12. The van der Waals surface area contributed by atoms with Gasteiger partial charge in [-0.25, -0.2) is 13.8 Å². The van der Waals surface area contributed by atoms with Crippen LogP contribution in [0.1, 0.15) is 70.6 Å². The SMILES string of the molecule is CC(C)(C)OC(=O)CC1CCC(C/C=C(\C=N)c2cnc3cccc(-c4cc(F)c(CN5CCOCC5)c(F)c4)c3n2)CC1. The summed E-state index contributed by atoms with van der Waals surface area (Å²) in [5.41, 5.74) is 2.90. The van der Waals surface area contributed by atoms with Crippen LogP contribution in [0.5, 0.6) is 0 Å². The van der Waals surface area contributed by atoms with Crippen molar-refractivity contribution in [2.45, 2.75) is 71.4 Å². The smallest absolute Gasteiger partial charge is 0.306 e. The Bertz CT molecular complexity index is 1500. The number of benzene rings is 2. The fraction of sp³-hybridized carbons (Fsp3) is 0.486. The molecular weight excluding hydrogens is 562 g/mol. The third kappa shape index (κ3) is 8.12. The number of fused-ring (bicyclic) bond motifs is 1. The average molecular weight is 605 g/mol. The van der Waals surface area contributed by atoms with Crippen LogP contribution in [-0.4, -0.2) is 59.0 Å². The Morgan fingerprint density at radius 3 is 2.43 bits per heavy atom. The van der Waals surface area contributed by atoms with E-state index in [0.717, 1.165) is 32.1 Å². The van der Waals surface area contributed by atoms with Gasteiger partial charge in [-0.3, -0.25) is 14.7 Å². The van der Waals surface area contributed by atoms with Crippen LogP contribution >= 0.6 is 0 Å². The van der Waals surface area contributed by atoms with Gasteiger partial charge in [0.25, 0.3) is 0 Å². The highest BCUT2D eigenvalue weighted by Gasteiger charge is 2.25. The lowest BCUT2D eigenvalue weighted by atomic mass is 9.79. The van der Waals surface area contributed by atoms with Crippen molar-refractivity contribution in [3.05, 3.63) is 65.5 Å². The molecule has 7 nitrogen and oxygen atoms in total. The zero-order valence-electron chi connectivity index (χ0n) is 25.9. The molecule has 0 amide bonds. The fourth-order valence-electron chi connectivity index (χ4n) is 6.12. The molecule has 1 saturated carbocycles. The molecule has 1 saturated heterocycles. The number of nitrogens with one attached hydrogen (secondary N) is 1. The number of hydrogen-bond donors (Lipinski definition) is 1. The molecule has 0 radical (unpaired) electrons. The van der Waals surface area contributed by atoms with Crippen molar-refractivity contribution >= 4 is 28.8 Å². The van der Waals surface area contributed by atoms with E-state index >= 15 is 8.78 Å². The van der Waals surface area contributed by atoms with Crippen LogP contribution in [0.3, 0.4) is 0 Å². The number of morpholine rings is 1. The molecule has 1 aromatic heterocycles.